The Hall–Kier alpha value is -1.59. The number of alkyl halides is 1. The van der Waals surface area contributed by atoms with Gasteiger partial charge in [0.2, 0.25) is 5.88 Å². The SMILES string of the molecule is Cc1cc(Oc2nc3sccn3c2CCl)ccc1F. The quantitative estimate of drug-likeness (QED) is 0.671. The molecule has 0 radical (unpaired) electrons. The van der Waals surface area contributed by atoms with E-state index in [1.165, 1.54) is 17.4 Å². The van der Waals surface area contributed by atoms with Crippen LogP contribution < -0.4 is 4.74 Å². The fourth-order valence-corrected chi connectivity index (χ4v) is 2.78. The predicted molar refractivity (Wildman–Crippen MR) is 73.8 cm³/mol. The molecule has 2 aromatic heterocycles. The molecule has 0 atom stereocenters. The Balaban J connectivity index is 2.00. The lowest BCUT2D eigenvalue weighted by atomic mass is 10.2. The molecule has 0 saturated carbocycles. The van der Waals surface area contributed by atoms with Gasteiger partial charge in [-0.05, 0) is 30.7 Å². The summed E-state index contributed by atoms with van der Waals surface area (Å²) < 4.78 is 20.8. The number of hydrogen-bond donors (Lipinski definition) is 0. The lowest BCUT2D eigenvalue weighted by Gasteiger charge is -2.05. The van der Waals surface area contributed by atoms with Gasteiger partial charge < -0.3 is 4.74 Å². The molecule has 0 saturated heterocycles. The van der Waals surface area contributed by atoms with E-state index >= 15 is 0 Å². The van der Waals surface area contributed by atoms with Gasteiger partial charge in [-0.15, -0.1) is 22.9 Å². The Bertz CT molecular complexity index is 737. The van der Waals surface area contributed by atoms with Crippen LogP contribution in [0.4, 0.5) is 4.39 Å². The number of aromatic nitrogens is 2. The van der Waals surface area contributed by atoms with E-state index in [0.29, 0.717) is 23.1 Å². The van der Waals surface area contributed by atoms with Crippen molar-refractivity contribution in [3.63, 3.8) is 0 Å². The van der Waals surface area contributed by atoms with Crippen LogP contribution >= 0.6 is 22.9 Å². The number of ether oxygens (including phenoxy) is 1. The van der Waals surface area contributed by atoms with Crippen LogP contribution in [0.5, 0.6) is 11.6 Å². The van der Waals surface area contributed by atoms with E-state index in [0.717, 1.165) is 10.7 Å². The third-order valence-corrected chi connectivity index (χ3v) is 3.80. The highest BCUT2D eigenvalue weighted by atomic mass is 35.5. The average Bonchev–Trinajstić information content (AvgIpc) is 2.94. The Kier molecular flexibility index (Phi) is 3.16. The molecule has 19 heavy (non-hydrogen) atoms. The summed E-state index contributed by atoms with van der Waals surface area (Å²) >= 11 is 7.44. The van der Waals surface area contributed by atoms with Crippen LogP contribution in [0.25, 0.3) is 4.96 Å². The van der Waals surface area contributed by atoms with E-state index in [1.807, 2.05) is 16.0 Å². The third kappa shape index (κ3) is 2.19. The molecule has 0 unspecified atom stereocenters. The van der Waals surface area contributed by atoms with Crippen molar-refractivity contribution in [3.8, 4) is 11.6 Å². The zero-order valence-corrected chi connectivity index (χ0v) is 11.6. The molecule has 1 aromatic carbocycles. The molecule has 98 valence electrons. The average molecular weight is 297 g/mol. The van der Waals surface area contributed by atoms with Gasteiger partial charge in [0.15, 0.2) is 4.96 Å². The minimum Gasteiger partial charge on any atom is -0.437 e. The fourth-order valence-electron chi connectivity index (χ4n) is 1.81. The summed E-state index contributed by atoms with van der Waals surface area (Å²) in [6.07, 6.45) is 1.90. The van der Waals surface area contributed by atoms with Crippen LogP contribution in [-0.2, 0) is 5.88 Å². The van der Waals surface area contributed by atoms with Gasteiger partial charge >= 0.3 is 0 Å². The summed E-state index contributed by atoms with van der Waals surface area (Å²) in [6.45, 7) is 1.69. The van der Waals surface area contributed by atoms with Gasteiger partial charge in [-0.25, -0.2) is 4.39 Å². The Labute approximate surface area is 118 Å². The molecule has 3 aromatic rings. The molecule has 0 fully saturated rings. The summed E-state index contributed by atoms with van der Waals surface area (Å²) in [7, 11) is 0. The topological polar surface area (TPSA) is 26.5 Å². The maximum atomic E-state index is 13.2. The van der Waals surface area contributed by atoms with Crippen molar-refractivity contribution in [3.05, 3.63) is 46.9 Å². The first-order valence-corrected chi connectivity index (χ1v) is 7.05. The minimum absolute atomic E-state index is 0.254. The van der Waals surface area contributed by atoms with Gasteiger partial charge in [0, 0.05) is 11.6 Å². The molecule has 0 bridgehead atoms. The lowest BCUT2D eigenvalue weighted by molar-refractivity contribution is 0.459. The molecule has 6 heteroatoms. The third-order valence-electron chi connectivity index (χ3n) is 2.79. The Morgan fingerprint density at radius 1 is 1.47 bits per heavy atom. The lowest BCUT2D eigenvalue weighted by Crippen LogP contribution is -1.92. The monoisotopic (exact) mass is 296 g/mol. The molecule has 0 aliphatic rings. The van der Waals surface area contributed by atoms with Gasteiger partial charge in [0.05, 0.1) is 5.88 Å². The van der Waals surface area contributed by atoms with Gasteiger partial charge in [0.25, 0.3) is 0 Å². The second-order valence-electron chi connectivity index (χ2n) is 4.07. The minimum atomic E-state index is -0.254. The maximum Gasteiger partial charge on any atom is 0.243 e. The Morgan fingerprint density at radius 2 is 2.32 bits per heavy atom. The van der Waals surface area contributed by atoms with Crippen molar-refractivity contribution in [2.24, 2.45) is 0 Å². The van der Waals surface area contributed by atoms with Crippen molar-refractivity contribution < 1.29 is 9.13 Å². The number of hydrogen-bond acceptors (Lipinski definition) is 3. The number of aryl methyl sites for hydroxylation is 1. The van der Waals surface area contributed by atoms with Crippen molar-refractivity contribution in [1.82, 2.24) is 9.38 Å². The van der Waals surface area contributed by atoms with Gasteiger partial charge in [-0.3, -0.25) is 4.40 Å². The first kappa shape index (κ1) is 12.4. The standard InChI is InChI=1S/C13H10ClFN2OS/c1-8-6-9(2-3-10(8)15)18-12-11(7-14)17-4-5-19-13(17)16-12/h2-6H,7H2,1H3. The zero-order chi connectivity index (χ0) is 13.4. The maximum absolute atomic E-state index is 13.2. The second-order valence-corrected chi connectivity index (χ2v) is 5.21. The Morgan fingerprint density at radius 3 is 3.05 bits per heavy atom. The van der Waals surface area contributed by atoms with Gasteiger partial charge in [-0.1, -0.05) is 0 Å². The van der Waals surface area contributed by atoms with Crippen LogP contribution in [0.1, 0.15) is 11.3 Å². The van der Waals surface area contributed by atoms with Gasteiger partial charge in [0.1, 0.15) is 17.3 Å². The van der Waals surface area contributed by atoms with Crippen molar-refractivity contribution in [2.75, 3.05) is 0 Å². The van der Waals surface area contributed by atoms with E-state index in [2.05, 4.69) is 4.98 Å². The summed E-state index contributed by atoms with van der Waals surface area (Å²) in [5.41, 5.74) is 1.32. The van der Waals surface area contributed by atoms with Crippen LogP contribution in [0, 0.1) is 12.7 Å². The highest BCUT2D eigenvalue weighted by Gasteiger charge is 2.14. The first-order valence-electron chi connectivity index (χ1n) is 5.63. The van der Waals surface area contributed by atoms with E-state index in [1.54, 1.807) is 19.1 Å². The number of imidazole rings is 1. The molecule has 0 N–H and O–H groups in total. The molecule has 0 spiro atoms. The molecular formula is C13H10ClFN2OS. The van der Waals surface area contributed by atoms with E-state index < -0.39 is 0 Å². The van der Waals surface area contributed by atoms with E-state index in [9.17, 15) is 4.39 Å². The molecule has 0 aliphatic heterocycles. The highest BCUT2D eigenvalue weighted by Crippen LogP contribution is 2.29. The molecule has 3 nitrogen and oxygen atoms in total. The second kappa shape index (κ2) is 4.83. The predicted octanol–water partition coefficient (Wildman–Crippen LogP) is 4.37. The number of nitrogens with zero attached hydrogens (tertiary/aromatic N) is 2. The van der Waals surface area contributed by atoms with Crippen LogP contribution in [0.2, 0.25) is 0 Å². The number of rotatable bonds is 3. The van der Waals surface area contributed by atoms with Crippen LogP contribution in [0.3, 0.4) is 0 Å². The highest BCUT2D eigenvalue weighted by molar-refractivity contribution is 7.15. The van der Waals surface area contributed by atoms with Crippen LogP contribution in [0.15, 0.2) is 29.8 Å². The normalized spacial score (nSPS) is 11.1. The molecule has 0 amide bonds. The molecule has 0 aliphatic carbocycles. The number of halogens is 2. The van der Waals surface area contributed by atoms with Crippen molar-refractivity contribution >= 4 is 27.9 Å². The molecular weight excluding hydrogens is 287 g/mol. The van der Waals surface area contributed by atoms with Crippen molar-refractivity contribution in [2.45, 2.75) is 12.8 Å². The zero-order valence-electron chi connectivity index (χ0n) is 10.1. The van der Waals surface area contributed by atoms with E-state index in [-0.39, 0.29) is 5.82 Å². The molecule has 2 heterocycles. The fraction of sp³-hybridized carbons (Fsp3) is 0.154. The molecule has 3 rings (SSSR count). The smallest absolute Gasteiger partial charge is 0.243 e. The number of benzene rings is 1. The summed E-state index contributed by atoms with van der Waals surface area (Å²) in [5.74, 6) is 1.06. The van der Waals surface area contributed by atoms with Gasteiger partial charge in [-0.2, -0.15) is 4.98 Å². The first-order chi connectivity index (χ1) is 9.19. The largest absolute Gasteiger partial charge is 0.437 e. The summed E-state index contributed by atoms with van der Waals surface area (Å²) in [6, 6.07) is 4.60. The van der Waals surface area contributed by atoms with Crippen molar-refractivity contribution in [1.29, 1.82) is 0 Å². The van der Waals surface area contributed by atoms with E-state index in [4.69, 9.17) is 16.3 Å². The van der Waals surface area contributed by atoms with Crippen LogP contribution in [-0.4, -0.2) is 9.38 Å². The summed E-state index contributed by atoms with van der Waals surface area (Å²) in [4.78, 5) is 5.20. The summed E-state index contributed by atoms with van der Waals surface area (Å²) in [5, 5.41) is 1.93. The number of fused-ring (bicyclic) bond motifs is 1. The number of thiazole rings is 1.